The zero-order valence-electron chi connectivity index (χ0n) is 17.0. The number of hydrogen-bond donors (Lipinski definition) is 0. The number of carbonyl (C=O) groups is 1. The lowest BCUT2D eigenvalue weighted by atomic mass is 9.69. The van der Waals surface area contributed by atoms with Crippen LogP contribution in [0.25, 0.3) is 0 Å². The molecule has 154 valence electrons. The van der Waals surface area contributed by atoms with Crippen molar-refractivity contribution in [1.29, 1.82) is 0 Å². The molecule has 0 aromatic heterocycles. The molecule has 0 aromatic rings. The zero-order valence-corrected chi connectivity index (χ0v) is 19.5. The molecule has 3 rings (SSSR count). The average Bonchev–Trinajstić information content (AvgIpc) is 3.13. The van der Waals surface area contributed by atoms with E-state index in [1.165, 1.54) is 27.8 Å². The van der Waals surface area contributed by atoms with E-state index in [2.05, 4.69) is 25.8 Å². The Balaban J connectivity index is 1.92. The standard InChI is InChI=1S/C19H32N2O3S3/c1-6-7-8-14(20-17(25-4)26-5)16(22)21-12-19-10-9-13(18(19,2)3)11-15(19)27(21,23)24/h13-15H,6-12H2,1-5H3/t13?,14-,15-,19?/m0/s1. The minimum absolute atomic E-state index is 0.0222. The molecule has 0 radical (unpaired) electrons. The summed E-state index contributed by atoms with van der Waals surface area (Å²) >= 11 is 3.02. The highest BCUT2D eigenvalue weighted by Gasteiger charge is 2.73. The first-order valence-electron chi connectivity index (χ1n) is 9.87. The van der Waals surface area contributed by atoms with Crippen LogP contribution in [0.4, 0.5) is 0 Å². The molecule has 2 aliphatic carbocycles. The Hall–Kier alpha value is -0.210. The third-order valence-corrected chi connectivity index (χ3v) is 11.6. The number of sulfonamides is 1. The van der Waals surface area contributed by atoms with Crippen LogP contribution in [0.2, 0.25) is 0 Å². The van der Waals surface area contributed by atoms with Crippen LogP contribution in [0.5, 0.6) is 0 Å². The fourth-order valence-electron chi connectivity index (χ4n) is 5.61. The number of hydrogen-bond acceptors (Lipinski definition) is 6. The minimum Gasteiger partial charge on any atom is -0.271 e. The topological polar surface area (TPSA) is 66.8 Å². The SMILES string of the molecule is CCCC[C@H](N=C(SC)SC)C(=O)N1CC23CCC(C[C@@H]2S1(=O)=O)C3(C)C. The van der Waals surface area contributed by atoms with Gasteiger partial charge >= 0.3 is 0 Å². The Morgan fingerprint density at radius 1 is 1.30 bits per heavy atom. The lowest BCUT2D eigenvalue weighted by Crippen LogP contribution is -2.42. The molecule has 0 aromatic carbocycles. The van der Waals surface area contributed by atoms with Gasteiger partial charge < -0.3 is 0 Å². The molecule has 8 heteroatoms. The normalized spacial score (nSPS) is 33.7. The third kappa shape index (κ3) is 3.18. The van der Waals surface area contributed by atoms with Crippen molar-refractivity contribution in [3.05, 3.63) is 0 Å². The fourth-order valence-corrected chi connectivity index (χ4v) is 9.37. The van der Waals surface area contributed by atoms with Crippen molar-refractivity contribution in [3.8, 4) is 0 Å². The van der Waals surface area contributed by atoms with Gasteiger partial charge in [0.05, 0.1) is 5.25 Å². The predicted octanol–water partition coefficient (Wildman–Crippen LogP) is 3.99. The van der Waals surface area contributed by atoms with Crippen molar-refractivity contribution < 1.29 is 13.2 Å². The number of amides is 1. The van der Waals surface area contributed by atoms with Gasteiger partial charge in [0.15, 0.2) is 0 Å². The summed E-state index contributed by atoms with van der Waals surface area (Å²) in [5, 5.41) is -0.390. The van der Waals surface area contributed by atoms with Crippen LogP contribution < -0.4 is 0 Å². The van der Waals surface area contributed by atoms with E-state index in [1.807, 2.05) is 12.5 Å². The quantitative estimate of drug-likeness (QED) is 0.485. The molecular formula is C19H32N2O3S3. The maximum atomic E-state index is 13.4. The van der Waals surface area contributed by atoms with Crippen LogP contribution in [0, 0.1) is 16.7 Å². The molecule has 2 unspecified atom stereocenters. The first kappa shape index (κ1) is 21.5. The molecule has 5 nitrogen and oxygen atoms in total. The number of aliphatic imine (C=N–C) groups is 1. The molecule has 3 fully saturated rings. The van der Waals surface area contributed by atoms with Crippen molar-refractivity contribution >= 4 is 43.8 Å². The molecule has 1 spiro atoms. The van der Waals surface area contributed by atoms with Crippen molar-refractivity contribution in [2.45, 2.75) is 70.6 Å². The van der Waals surface area contributed by atoms with Crippen LogP contribution in [-0.2, 0) is 14.8 Å². The molecule has 2 bridgehead atoms. The number of carbonyl (C=O) groups excluding carboxylic acids is 1. The van der Waals surface area contributed by atoms with Gasteiger partial charge in [-0.25, -0.2) is 12.7 Å². The highest BCUT2D eigenvalue weighted by atomic mass is 32.2. The highest BCUT2D eigenvalue weighted by molar-refractivity contribution is 8.38. The molecule has 4 atom stereocenters. The summed E-state index contributed by atoms with van der Waals surface area (Å²) in [7, 11) is -3.59. The van der Waals surface area contributed by atoms with Crippen molar-refractivity contribution in [1.82, 2.24) is 4.31 Å². The number of fused-ring (bicyclic) bond motifs is 1. The van der Waals surface area contributed by atoms with Crippen molar-refractivity contribution in [2.75, 3.05) is 19.1 Å². The number of rotatable bonds is 5. The summed E-state index contributed by atoms with van der Waals surface area (Å²) in [6, 6.07) is -0.592. The molecule has 0 N–H and O–H groups in total. The van der Waals surface area contributed by atoms with Gasteiger partial charge in [0.25, 0.3) is 5.91 Å². The fraction of sp³-hybridized carbons (Fsp3) is 0.895. The summed E-state index contributed by atoms with van der Waals surface area (Å²) in [6.07, 6.45) is 9.02. The summed E-state index contributed by atoms with van der Waals surface area (Å²) in [6.45, 7) is 6.85. The van der Waals surface area contributed by atoms with E-state index in [-0.39, 0.29) is 22.0 Å². The lowest BCUT2D eigenvalue weighted by Gasteiger charge is -2.36. The molecule has 2 saturated carbocycles. The molecule has 3 aliphatic rings. The number of unbranched alkanes of at least 4 members (excludes halogenated alkanes) is 1. The van der Waals surface area contributed by atoms with Gasteiger partial charge in [-0.3, -0.25) is 9.79 Å². The maximum Gasteiger partial charge on any atom is 0.260 e. The molecule has 1 heterocycles. The van der Waals surface area contributed by atoms with Gasteiger partial charge in [0.2, 0.25) is 10.0 Å². The van der Waals surface area contributed by atoms with E-state index >= 15 is 0 Å². The molecule has 1 aliphatic heterocycles. The van der Waals surface area contributed by atoms with E-state index in [1.54, 1.807) is 0 Å². The van der Waals surface area contributed by atoms with Crippen molar-refractivity contribution in [2.24, 2.45) is 21.7 Å². The monoisotopic (exact) mass is 432 g/mol. The Labute approximate surface area is 172 Å². The van der Waals surface area contributed by atoms with E-state index in [4.69, 9.17) is 0 Å². The second kappa shape index (κ2) is 7.56. The summed E-state index contributed by atoms with van der Waals surface area (Å²) in [5.74, 6) is 0.148. The van der Waals surface area contributed by atoms with Crippen LogP contribution >= 0.6 is 23.5 Å². The van der Waals surface area contributed by atoms with Gasteiger partial charge in [-0.05, 0) is 49.5 Å². The van der Waals surface area contributed by atoms with Crippen LogP contribution in [-0.4, -0.2) is 53.4 Å². The van der Waals surface area contributed by atoms with E-state index < -0.39 is 16.1 Å². The highest BCUT2D eigenvalue weighted by Crippen LogP contribution is 2.70. The third-order valence-electron chi connectivity index (χ3n) is 7.42. The molecule has 27 heavy (non-hydrogen) atoms. The van der Waals surface area contributed by atoms with Gasteiger partial charge in [-0.15, -0.1) is 23.5 Å². The Morgan fingerprint density at radius 2 is 1.96 bits per heavy atom. The Kier molecular flexibility index (Phi) is 6.02. The van der Waals surface area contributed by atoms with E-state index in [0.29, 0.717) is 25.3 Å². The van der Waals surface area contributed by atoms with Gasteiger partial charge in [0, 0.05) is 12.0 Å². The molecule has 1 saturated heterocycles. The summed E-state index contributed by atoms with van der Waals surface area (Å²) < 4.78 is 28.7. The van der Waals surface area contributed by atoms with Gasteiger partial charge in [0.1, 0.15) is 10.4 Å². The maximum absolute atomic E-state index is 13.4. The van der Waals surface area contributed by atoms with E-state index in [9.17, 15) is 13.2 Å². The Bertz CT molecular complexity index is 728. The number of thioether (sulfide) groups is 2. The smallest absolute Gasteiger partial charge is 0.260 e. The molecule has 1 amide bonds. The minimum atomic E-state index is -3.59. The first-order valence-corrected chi connectivity index (χ1v) is 13.8. The van der Waals surface area contributed by atoms with Gasteiger partial charge in [-0.1, -0.05) is 33.6 Å². The van der Waals surface area contributed by atoms with Crippen LogP contribution in [0.3, 0.4) is 0 Å². The lowest BCUT2D eigenvalue weighted by molar-refractivity contribution is -0.128. The predicted molar refractivity (Wildman–Crippen MR) is 116 cm³/mol. The first-order chi connectivity index (χ1) is 12.7. The average molecular weight is 433 g/mol. The van der Waals surface area contributed by atoms with E-state index in [0.717, 1.165) is 30.1 Å². The van der Waals surface area contributed by atoms with Crippen molar-refractivity contribution in [3.63, 3.8) is 0 Å². The number of nitrogens with zero attached hydrogens (tertiary/aromatic N) is 2. The zero-order chi connectivity index (χ0) is 20.0. The van der Waals surface area contributed by atoms with Crippen LogP contribution in [0.15, 0.2) is 4.99 Å². The summed E-state index contributed by atoms with van der Waals surface area (Å²) in [5.41, 5.74) is -0.293. The van der Waals surface area contributed by atoms with Gasteiger partial charge in [-0.2, -0.15) is 0 Å². The largest absolute Gasteiger partial charge is 0.271 e. The summed E-state index contributed by atoms with van der Waals surface area (Å²) in [4.78, 5) is 18.0. The molecular weight excluding hydrogens is 400 g/mol. The second-order valence-corrected chi connectivity index (χ2v) is 12.6. The van der Waals surface area contributed by atoms with Crippen LogP contribution in [0.1, 0.15) is 59.3 Å². The Morgan fingerprint density at radius 3 is 2.48 bits per heavy atom. The second-order valence-electron chi connectivity index (χ2n) is 8.69.